The lowest BCUT2D eigenvalue weighted by atomic mass is 9.91. The number of nitrogens with two attached hydrogens (primary N) is 1. The van der Waals surface area contributed by atoms with Gasteiger partial charge in [0.2, 0.25) is 0 Å². The SMILES string of the molecule is NC1CCCCC1Nc1ccc2c(=O)[nH]ccc2c1. The Morgan fingerprint density at radius 1 is 1.21 bits per heavy atom. The number of hydrogen-bond donors (Lipinski definition) is 3. The molecule has 1 heterocycles. The summed E-state index contributed by atoms with van der Waals surface area (Å²) in [7, 11) is 0. The summed E-state index contributed by atoms with van der Waals surface area (Å²) in [6.45, 7) is 0. The average molecular weight is 257 g/mol. The second-order valence-corrected chi connectivity index (χ2v) is 5.31. The van der Waals surface area contributed by atoms with E-state index in [9.17, 15) is 4.79 Å². The van der Waals surface area contributed by atoms with Crippen LogP contribution in [0.15, 0.2) is 35.3 Å². The number of aromatic amines is 1. The summed E-state index contributed by atoms with van der Waals surface area (Å²) in [5, 5.41) is 5.18. The number of fused-ring (bicyclic) bond motifs is 1. The molecular weight excluding hydrogens is 238 g/mol. The Morgan fingerprint density at radius 2 is 2.05 bits per heavy atom. The molecule has 4 nitrogen and oxygen atoms in total. The Morgan fingerprint density at radius 3 is 2.89 bits per heavy atom. The number of benzene rings is 1. The van der Waals surface area contributed by atoms with Crippen molar-refractivity contribution in [3.8, 4) is 0 Å². The Balaban J connectivity index is 1.87. The van der Waals surface area contributed by atoms with Gasteiger partial charge in [-0.15, -0.1) is 0 Å². The molecule has 4 heteroatoms. The van der Waals surface area contributed by atoms with Crippen molar-refractivity contribution in [2.75, 3.05) is 5.32 Å². The van der Waals surface area contributed by atoms with Crippen LogP contribution in [-0.2, 0) is 0 Å². The summed E-state index contributed by atoms with van der Waals surface area (Å²) in [5.41, 5.74) is 7.15. The van der Waals surface area contributed by atoms with Crippen molar-refractivity contribution >= 4 is 16.5 Å². The molecule has 0 spiro atoms. The van der Waals surface area contributed by atoms with E-state index in [1.54, 1.807) is 6.20 Å². The Bertz CT molecular complexity index is 635. The van der Waals surface area contributed by atoms with Gasteiger partial charge in [-0.25, -0.2) is 0 Å². The average Bonchev–Trinajstić information content (AvgIpc) is 2.42. The standard InChI is InChI=1S/C15H19N3O/c16-13-3-1-2-4-14(13)18-11-5-6-12-10(9-11)7-8-17-15(12)19/h5-9,13-14,18H,1-4,16H2,(H,17,19). The van der Waals surface area contributed by atoms with E-state index < -0.39 is 0 Å². The largest absolute Gasteiger partial charge is 0.381 e. The van der Waals surface area contributed by atoms with Gasteiger partial charge in [0, 0.05) is 29.4 Å². The van der Waals surface area contributed by atoms with Gasteiger partial charge in [-0.05, 0) is 42.5 Å². The molecule has 4 N–H and O–H groups in total. The van der Waals surface area contributed by atoms with Crippen molar-refractivity contribution in [1.29, 1.82) is 0 Å². The normalized spacial score (nSPS) is 23.4. The first-order valence-electron chi connectivity index (χ1n) is 6.87. The molecule has 0 saturated heterocycles. The molecule has 1 aliphatic carbocycles. The van der Waals surface area contributed by atoms with Crippen molar-refractivity contribution in [2.24, 2.45) is 5.73 Å². The van der Waals surface area contributed by atoms with Crippen molar-refractivity contribution in [3.05, 3.63) is 40.8 Å². The van der Waals surface area contributed by atoms with Crippen molar-refractivity contribution in [1.82, 2.24) is 4.98 Å². The zero-order valence-corrected chi connectivity index (χ0v) is 10.9. The second-order valence-electron chi connectivity index (χ2n) is 5.31. The van der Waals surface area contributed by atoms with Crippen LogP contribution in [0.4, 0.5) is 5.69 Å². The van der Waals surface area contributed by atoms with E-state index in [0.29, 0.717) is 6.04 Å². The minimum Gasteiger partial charge on any atom is -0.381 e. The van der Waals surface area contributed by atoms with Gasteiger partial charge < -0.3 is 16.0 Å². The molecule has 2 aromatic rings. The van der Waals surface area contributed by atoms with E-state index >= 15 is 0 Å². The van der Waals surface area contributed by atoms with Gasteiger partial charge in [-0.2, -0.15) is 0 Å². The highest BCUT2D eigenvalue weighted by molar-refractivity contribution is 5.84. The Hall–Kier alpha value is -1.81. The molecule has 1 aromatic heterocycles. The third kappa shape index (κ3) is 2.49. The molecule has 2 unspecified atom stereocenters. The predicted molar refractivity (Wildman–Crippen MR) is 78.4 cm³/mol. The highest BCUT2D eigenvalue weighted by Crippen LogP contribution is 2.22. The molecule has 0 bridgehead atoms. The lowest BCUT2D eigenvalue weighted by Crippen LogP contribution is -2.42. The van der Waals surface area contributed by atoms with E-state index in [2.05, 4.69) is 10.3 Å². The lowest BCUT2D eigenvalue weighted by molar-refractivity contribution is 0.404. The molecule has 100 valence electrons. The topological polar surface area (TPSA) is 70.9 Å². The van der Waals surface area contributed by atoms with Crippen LogP contribution in [0, 0.1) is 0 Å². The summed E-state index contributed by atoms with van der Waals surface area (Å²) in [6, 6.07) is 8.33. The number of hydrogen-bond acceptors (Lipinski definition) is 3. The minimum atomic E-state index is -0.0431. The van der Waals surface area contributed by atoms with Crippen molar-refractivity contribution in [2.45, 2.75) is 37.8 Å². The smallest absolute Gasteiger partial charge is 0.255 e. The van der Waals surface area contributed by atoms with Gasteiger partial charge in [0.15, 0.2) is 0 Å². The molecule has 1 aromatic carbocycles. The van der Waals surface area contributed by atoms with E-state index in [4.69, 9.17) is 5.73 Å². The van der Waals surface area contributed by atoms with Crippen LogP contribution in [-0.4, -0.2) is 17.1 Å². The van der Waals surface area contributed by atoms with Gasteiger partial charge >= 0.3 is 0 Å². The number of H-pyrrole nitrogens is 1. The summed E-state index contributed by atoms with van der Waals surface area (Å²) < 4.78 is 0. The quantitative estimate of drug-likeness (QED) is 0.772. The molecule has 1 saturated carbocycles. The summed E-state index contributed by atoms with van der Waals surface area (Å²) >= 11 is 0. The highest BCUT2D eigenvalue weighted by atomic mass is 16.1. The first kappa shape index (κ1) is 12.2. The summed E-state index contributed by atoms with van der Waals surface area (Å²) in [6.07, 6.45) is 6.35. The van der Waals surface area contributed by atoms with Crippen LogP contribution in [0.2, 0.25) is 0 Å². The Labute approximate surface area is 112 Å². The van der Waals surface area contributed by atoms with Gasteiger partial charge in [0.25, 0.3) is 5.56 Å². The number of pyridine rings is 1. The first-order chi connectivity index (χ1) is 9.24. The highest BCUT2D eigenvalue weighted by Gasteiger charge is 2.21. The van der Waals surface area contributed by atoms with Crippen LogP contribution in [0.25, 0.3) is 10.8 Å². The molecule has 2 atom stereocenters. The van der Waals surface area contributed by atoms with Crippen LogP contribution < -0.4 is 16.6 Å². The predicted octanol–water partition coefficient (Wildman–Crippen LogP) is 2.21. The molecule has 0 amide bonds. The lowest BCUT2D eigenvalue weighted by Gasteiger charge is -2.30. The fourth-order valence-electron chi connectivity index (χ4n) is 2.83. The van der Waals surface area contributed by atoms with Gasteiger partial charge in [-0.1, -0.05) is 12.8 Å². The summed E-state index contributed by atoms with van der Waals surface area (Å²) in [4.78, 5) is 14.3. The van der Waals surface area contributed by atoms with E-state index in [-0.39, 0.29) is 11.6 Å². The fourth-order valence-corrected chi connectivity index (χ4v) is 2.83. The molecule has 1 fully saturated rings. The summed E-state index contributed by atoms with van der Waals surface area (Å²) in [5.74, 6) is 0. The Kier molecular flexibility index (Phi) is 3.25. The third-order valence-electron chi connectivity index (χ3n) is 3.94. The second kappa shape index (κ2) is 5.05. The molecular formula is C15H19N3O. The molecule has 3 rings (SSSR count). The minimum absolute atomic E-state index is 0.0431. The number of anilines is 1. The van der Waals surface area contributed by atoms with Gasteiger partial charge in [0.05, 0.1) is 0 Å². The zero-order valence-electron chi connectivity index (χ0n) is 10.9. The molecule has 0 radical (unpaired) electrons. The fraction of sp³-hybridized carbons (Fsp3) is 0.400. The van der Waals surface area contributed by atoms with Gasteiger partial charge in [0.1, 0.15) is 0 Å². The van der Waals surface area contributed by atoms with Crippen LogP contribution in [0.5, 0.6) is 0 Å². The van der Waals surface area contributed by atoms with E-state index in [1.165, 1.54) is 12.8 Å². The number of aromatic nitrogens is 1. The molecule has 0 aliphatic heterocycles. The van der Waals surface area contributed by atoms with Gasteiger partial charge in [-0.3, -0.25) is 4.79 Å². The van der Waals surface area contributed by atoms with Crippen LogP contribution in [0.1, 0.15) is 25.7 Å². The van der Waals surface area contributed by atoms with Crippen molar-refractivity contribution in [3.63, 3.8) is 0 Å². The first-order valence-corrected chi connectivity index (χ1v) is 6.87. The number of nitrogens with one attached hydrogen (secondary N) is 2. The molecule has 1 aliphatic rings. The third-order valence-corrected chi connectivity index (χ3v) is 3.94. The monoisotopic (exact) mass is 257 g/mol. The maximum atomic E-state index is 11.6. The van der Waals surface area contributed by atoms with E-state index in [0.717, 1.165) is 29.3 Å². The van der Waals surface area contributed by atoms with Crippen LogP contribution >= 0.6 is 0 Å². The zero-order chi connectivity index (χ0) is 13.2. The molecule has 19 heavy (non-hydrogen) atoms. The van der Waals surface area contributed by atoms with Crippen LogP contribution in [0.3, 0.4) is 0 Å². The van der Waals surface area contributed by atoms with E-state index in [1.807, 2.05) is 24.3 Å². The maximum Gasteiger partial charge on any atom is 0.255 e. The maximum absolute atomic E-state index is 11.6. The van der Waals surface area contributed by atoms with Crippen molar-refractivity contribution < 1.29 is 0 Å². The number of rotatable bonds is 2.